The number of nitrogens with two attached hydrogens (primary N) is 1. The molecule has 2 heteroatoms. The molecule has 0 saturated heterocycles. The molecule has 1 aromatic carbocycles. The normalized spacial score (nSPS) is 10.3. The van der Waals surface area contributed by atoms with Crippen LogP contribution in [0.5, 0.6) is 5.75 Å². The number of hydrogen-bond acceptors (Lipinski definition) is 2. The van der Waals surface area contributed by atoms with Gasteiger partial charge in [-0.3, -0.25) is 0 Å². The van der Waals surface area contributed by atoms with Crippen molar-refractivity contribution in [1.29, 1.82) is 0 Å². The molecule has 0 bridgehead atoms. The zero-order valence-corrected chi connectivity index (χ0v) is 9.00. The highest BCUT2D eigenvalue weighted by Gasteiger charge is 2.04. The van der Waals surface area contributed by atoms with E-state index in [1.165, 1.54) is 5.56 Å². The van der Waals surface area contributed by atoms with E-state index in [-0.39, 0.29) is 0 Å². The van der Waals surface area contributed by atoms with Crippen LogP contribution in [0.4, 0.5) is 5.69 Å². The first kappa shape index (κ1) is 10.6. The first-order valence-corrected chi connectivity index (χ1v) is 4.73. The fourth-order valence-electron chi connectivity index (χ4n) is 1.21. The number of benzene rings is 1. The Kier molecular flexibility index (Phi) is 3.18. The number of ether oxygens (including phenoxy) is 1. The molecule has 0 aliphatic rings. The highest BCUT2D eigenvalue weighted by atomic mass is 16.5. The highest BCUT2D eigenvalue weighted by Crippen LogP contribution is 2.27. The Hall–Kier alpha value is -1.44. The van der Waals surface area contributed by atoms with Crippen LogP contribution in [0.15, 0.2) is 30.5 Å². The first-order chi connectivity index (χ1) is 6.50. The molecule has 0 unspecified atom stereocenters. The maximum atomic E-state index is 5.84. The van der Waals surface area contributed by atoms with Crippen molar-refractivity contribution in [3.8, 4) is 5.75 Å². The van der Waals surface area contributed by atoms with E-state index < -0.39 is 0 Å². The second kappa shape index (κ2) is 4.18. The van der Waals surface area contributed by atoms with Gasteiger partial charge in [-0.05, 0) is 30.5 Å². The van der Waals surface area contributed by atoms with E-state index in [1.807, 2.05) is 18.2 Å². The third-order valence-corrected chi connectivity index (χ3v) is 1.98. The van der Waals surface area contributed by atoms with Crippen molar-refractivity contribution >= 4 is 5.69 Å². The summed E-state index contributed by atoms with van der Waals surface area (Å²) < 4.78 is 5.36. The summed E-state index contributed by atoms with van der Waals surface area (Å²) in [6.07, 6.45) is 0. The zero-order chi connectivity index (χ0) is 10.7. The summed E-state index contributed by atoms with van der Waals surface area (Å²) in [7, 11) is 0. The van der Waals surface area contributed by atoms with Crippen LogP contribution in [0.25, 0.3) is 0 Å². The summed E-state index contributed by atoms with van der Waals surface area (Å²) in [6, 6.07) is 5.86. The predicted molar refractivity (Wildman–Crippen MR) is 60.4 cm³/mol. The monoisotopic (exact) mass is 191 g/mol. The fourth-order valence-corrected chi connectivity index (χ4v) is 1.21. The Labute approximate surface area is 85.4 Å². The van der Waals surface area contributed by atoms with Gasteiger partial charge in [0, 0.05) is 0 Å². The van der Waals surface area contributed by atoms with Crippen LogP contribution in [0.2, 0.25) is 0 Å². The topological polar surface area (TPSA) is 35.2 Å². The lowest BCUT2D eigenvalue weighted by molar-refractivity contribution is 0.432. The van der Waals surface area contributed by atoms with Crippen molar-refractivity contribution in [1.82, 2.24) is 0 Å². The van der Waals surface area contributed by atoms with Crippen LogP contribution in [0, 0.1) is 0 Å². The van der Waals surface area contributed by atoms with Crippen LogP contribution >= 0.6 is 0 Å². The number of allylic oxidation sites excluding steroid dienone is 1. The number of anilines is 1. The molecule has 0 radical (unpaired) electrons. The van der Waals surface area contributed by atoms with Crippen molar-refractivity contribution in [3.05, 3.63) is 36.1 Å². The maximum absolute atomic E-state index is 5.84. The van der Waals surface area contributed by atoms with Gasteiger partial charge >= 0.3 is 0 Å². The molecular formula is C12H17NO. The molecule has 2 nitrogen and oxygen atoms in total. The van der Waals surface area contributed by atoms with Gasteiger partial charge in [-0.25, -0.2) is 0 Å². The van der Waals surface area contributed by atoms with Crippen molar-refractivity contribution in [2.24, 2.45) is 0 Å². The molecule has 0 saturated carbocycles. The van der Waals surface area contributed by atoms with E-state index in [4.69, 9.17) is 10.5 Å². The van der Waals surface area contributed by atoms with E-state index in [1.54, 1.807) is 6.92 Å². The minimum atomic E-state index is 0.483. The van der Waals surface area contributed by atoms with Gasteiger partial charge in [0.1, 0.15) is 5.75 Å². The maximum Gasteiger partial charge on any atom is 0.149 e. The van der Waals surface area contributed by atoms with Gasteiger partial charge in [0.15, 0.2) is 0 Å². The Balaban J connectivity index is 2.95. The standard InChI is InChI=1S/C12H17NO/c1-8(2)10-5-6-12(11(13)7-10)14-9(3)4/h5-8H,3,13H2,1-2,4H3. The van der Waals surface area contributed by atoms with Gasteiger partial charge in [0.2, 0.25) is 0 Å². The summed E-state index contributed by atoms with van der Waals surface area (Å²) in [6.45, 7) is 9.74. The van der Waals surface area contributed by atoms with Crippen LogP contribution in [0.3, 0.4) is 0 Å². The lowest BCUT2D eigenvalue weighted by Gasteiger charge is -2.11. The van der Waals surface area contributed by atoms with Gasteiger partial charge < -0.3 is 10.5 Å². The second-order valence-corrected chi connectivity index (χ2v) is 3.76. The molecule has 0 aromatic heterocycles. The molecular weight excluding hydrogens is 174 g/mol. The van der Waals surface area contributed by atoms with Crippen molar-refractivity contribution in [2.75, 3.05) is 5.73 Å². The molecule has 0 fully saturated rings. The SMILES string of the molecule is C=C(C)Oc1ccc(C(C)C)cc1N. The average Bonchev–Trinajstić information content (AvgIpc) is 2.07. The summed E-state index contributed by atoms with van der Waals surface area (Å²) in [5.74, 6) is 1.81. The smallest absolute Gasteiger partial charge is 0.149 e. The third-order valence-electron chi connectivity index (χ3n) is 1.98. The molecule has 14 heavy (non-hydrogen) atoms. The quantitative estimate of drug-likeness (QED) is 0.587. The van der Waals surface area contributed by atoms with Crippen molar-refractivity contribution < 1.29 is 4.74 Å². The minimum Gasteiger partial charge on any atom is -0.460 e. The summed E-state index contributed by atoms with van der Waals surface area (Å²) in [5.41, 5.74) is 7.73. The van der Waals surface area contributed by atoms with E-state index in [2.05, 4.69) is 20.4 Å². The number of hydrogen-bond donors (Lipinski definition) is 1. The summed E-state index contributed by atoms with van der Waals surface area (Å²) in [5, 5.41) is 0. The number of nitrogen functional groups attached to an aromatic ring is 1. The molecule has 1 rings (SSSR count). The van der Waals surface area contributed by atoms with E-state index in [0.717, 1.165) is 0 Å². The summed E-state index contributed by atoms with van der Waals surface area (Å²) in [4.78, 5) is 0. The van der Waals surface area contributed by atoms with Gasteiger partial charge in [-0.1, -0.05) is 26.5 Å². The predicted octanol–water partition coefficient (Wildman–Crippen LogP) is 3.30. The van der Waals surface area contributed by atoms with Crippen LogP contribution in [-0.4, -0.2) is 0 Å². The zero-order valence-electron chi connectivity index (χ0n) is 9.00. The molecule has 0 aliphatic heterocycles. The number of rotatable bonds is 3. The summed E-state index contributed by atoms with van der Waals surface area (Å²) >= 11 is 0. The molecule has 0 heterocycles. The molecule has 0 amide bonds. The van der Waals surface area contributed by atoms with Crippen LogP contribution in [0.1, 0.15) is 32.3 Å². The van der Waals surface area contributed by atoms with Gasteiger partial charge in [0.05, 0.1) is 11.4 Å². The Morgan fingerprint density at radius 3 is 2.50 bits per heavy atom. The fraction of sp³-hybridized carbons (Fsp3) is 0.333. The van der Waals surface area contributed by atoms with Crippen molar-refractivity contribution in [3.63, 3.8) is 0 Å². The molecule has 76 valence electrons. The van der Waals surface area contributed by atoms with Gasteiger partial charge in [-0.15, -0.1) is 0 Å². The molecule has 0 aliphatic carbocycles. The second-order valence-electron chi connectivity index (χ2n) is 3.76. The average molecular weight is 191 g/mol. The van der Waals surface area contributed by atoms with Gasteiger partial charge in [0.25, 0.3) is 0 Å². The molecule has 1 aromatic rings. The first-order valence-electron chi connectivity index (χ1n) is 4.73. The Morgan fingerprint density at radius 2 is 2.07 bits per heavy atom. The lowest BCUT2D eigenvalue weighted by Crippen LogP contribution is -1.97. The molecule has 2 N–H and O–H groups in total. The van der Waals surface area contributed by atoms with Crippen molar-refractivity contribution in [2.45, 2.75) is 26.7 Å². The Bertz CT molecular complexity index is 342. The highest BCUT2D eigenvalue weighted by molar-refractivity contribution is 5.55. The van der Waals surface area contributed by atoms with Crippen LogP contribution in [-0.2, 0) is 0 Å². The van der Waals surface area contributed by atoms with Crippen LogP contribution < -0.4 is 10.5 Å². The molecule has 0 atom stereocenters. The third kappa shape index (κ3) is 2.52. The lowest BCUT2D eigenvalue weighted by atomic mass is 10.0. The van der Waals surface area contributed by atoms with E-state index >= 15 is 0 Å². The van der Waals surface area contributed by atoms with E-state index in [9.17, 15) is 0 Å². The Morgan fingerprint density at radius 1 is 1.43 bits per heavy atom. The molecule has 0 spiro atoms. The van der Waals surface area contributed by atoms with E-state index in [0.29, 0.717) is 23.1 Å². The largest absolute Gasteiger partial charge is 0.460 e. The van der Waals surface area contributed by atoms with Gasteiger partial charge in [-0.2, -0.15) is 0 Å². The minimum absolute atomic E-state index is 0.483.